The van der Waals surface area contributed by atoms with E-state index in [1.54, 1.807) is 31.5 Å². The summed E-state index contributed by atoms with van der Waals surface area (Å²) < 4.78 is 11.8. The Bertz CT molecular complexity index is 1280. The topological polar surface area (TPSA) is 64.0 Å². The summed E-state index contributed by atoms with van der Waals surface area (Å²) in [6.45, 7) is -0.285. The lowest BCUT2D eigenvalue weighted by Gasteiger charge is -2.15. The molecule has 0 aliphatic rings. The minimum absolute atomic E-state index is 0.285. The summed E-state index contributed by atoms with van der Waals surface area (Å²) in [6.07, 6.45) is 1.60. The van der Waals surface area contributed by atoms with E-state index in [9.17, 15) is 4.79 Å². The van der Waals surface area contributed by atoms with Gasteiger partial charge in [0, 0.05) is 5.02 Å². The van der Waals surface area contributed by atoms with Gasteiger partial charge >= 0.3 is 0 Å². The highest BCUT2D eigenvalue weighted by atomic mass is 35.5. The van der Waals surface area contributed by atoms with Gasteiger partial charge in [-0.05, 0) is 42.0 Å². The molecule has 0 N–H and O–H groups in total. The van der Waals surface area contributed by atoms with E-state index < -0.39 is 5.91 Å². The fourth-order valence-corrected chi connectivity index (χ4v) is 4.22. The monoisotopic (exact) mass is 485 g/mol. The summed E-state index contributed by atoms with van der Waals surface area (Å²) in [6, 6.07) is 19.8. The van der Waals surface area contributed by atoms with Gasteiger partial charge in [0.15, 0.2) is 6.61 Å². The van der Waals surface area contributed by atoms with Gasteiger partial charge < -0.3 is 9.47 Å². The number of thiazole rings is 1. The van der Waals surface area contributed by atoms with Crippen LogP contribution in [-0.2, 0) is 4.79 Å². The van der Waals surface area contributed by atoms with Gasteiger partial charge in [0.25, 0.3) is 5.91 Å². The van der Waals surface area contributed by atoms with E-state index in [2.05, 4.69) is 10.1 Å². The van der Waals surface area contributed by atoms with Crippen LogP contribution in [0.5, 0.6) is 11.5 Å². The second-order valence-corrected chi connectivity index (χ2v) is 8.41. The smallest absolute Gasteiger partial charge is 0.287 e. The number of hydrazone groups is 1. The van der Waals surface area contributed by atoms with Gasteiger partial charge in [0.05, 0.1) is 28.6 Å². The Morgan fingerprint density at radius 2 is 1.94 bits per heavy atom. The maximum absolute atomic E-state index is 13.1. The molecular weight excluding hydrogens is 469 g/mol. The third-order valence-electron chi connectivity index (χ3n) is 4.37. The lowest BCUT2D eigenvalue weighted by atomic mass is 10.2. The van der Waals surface area contributed by atoms with Crippen molar-refractivity contribution < 1.29 is 14.3 Å². The molecule has 1 heterocycles. The number of rotatable bonds is 7. The molecule has 9 heteroatoms. The lowest BCUT2D eigenvalue weighted by Crippen LogP contribution is -2.30. The third kappa shape index (κ3) is 5.19. The first-order valence-electron chi connectivity index (χ1n) is 9.48. The molecule has 1 aromatic heterocycles. The third-order valence-corrected chi connectivity index (χ3v) is 5.89. The van der Waals surface area contributed by atoms with Crippen LogP contribution in [0.25, 0.3) is 10.2 Å². The summed E-state index contributed by atoms with van der Waals surface area (Å²) in [5.41, 5.74) is 1.58. The van der Waals surface area contributed by atoms with Crippen LogP contribution in [0.2, 0.25) is 10.0 Å². The molecule has 4 rings (SSSR count). The van der Waals surface area contributed by atoms with Gasteiger partial charge in [-0.15, -0.1) is 0 Å². The second-order valence-electron chi connectivity index (χ2n) is 6.55. The van der Waals surface area contributed by atoms with Gasteiger partial charge in [0.1, 0.15) is 11.5 Å². The number of fused-ring (bicyclic) bond motifs is 1. The minimum Gasteiger partial charge on any atom is -0.497 e. The standard InChI is InChI=1S/C23H17Cl2N3O3S/c1-30-17-8-9-19-21(12-17)32-23(27-19)28(26-13-15-5-3-2-4-6-15)22(29)14-31-20-10-7-16(24)11-18(20)25/h2-13H,14H2,1H3/b26-13+. The molecular formula is C23H17Cl2N3O3S. The van der Waals surface area contributed by atoms with Crippen molar-refractivity contribution in [3.05, 3.63) is 82.3 Å². The molecule has 6 nitrogen and oxygen atoms in total. The quantitative estimate of drug-likeness (QED) is 0.235. The van der Waals surface area contributed by atoms with E-state index in [0.29, 0.717) is 26.7 Å². The van der Waals surface area contributed by atoms with E-state index in [-0.39, 0.29) is 6.61 Å². The number of anilines is 1. The normalized spacial score (nSPS) is 11.1. The van der Waals surface area contributed by atoms with Crippen LogP contribution in [0.4, 0.5) is 5.13 Å². The number of methoxy groups -OCH3 is 1. The molecule has 0 saturated heterocycles. The molecule has 0 saturated carbocycles. The SMILES string of the molecule is COc1ccc2nc(N(/N=C/c3ccccc3)C(=O)COc3ccc(Cl)cc3Cl)sc2c1. The van der Waals surface area contributed by atoms with Gasteiger partial charge in [-0.3, -0.25) is 4.79 Å². The largest absolute Gasteiger partial charge is 0.497 e. The number of ether oxygens (including phenoxy) is 2. The zero-order chi connectivity index (χ0) is 22.5. The van der Waals surface area contributed by atoms with Crippen LogP contribution in [0.15, 0.2) is 71.8 Å². The van der Waals surface area contributed by atoms with Gasteiger partial charge in [0.2, 0.25) is 5.13 Å². The Balaban J connectivity index is 1.62. The predicted octanol–water partition coefficient (Wildman–Crippen LogP) is 6.06. The Morgan fingerprint density at radius 3 is 2.69 bits per heavy atom. The molecule has 0 atom stereocenters. The molecule has 0 aliphatic carbocycles. The van der Waals surface area contributed by atoms with Crippen LogP contribution in [-0.4, -0.2) is 30.8 Å². The molecule has 0 fully saturated rings. The fraction of sp³-hybridized carbons (Fsp3) is 0.0870. The predicted molar refractivity (Wildman–Crippen MR) is 130 cm³/mol. The summed E-state index contributed by atoms with van der Waals surface area (Å²) in [4.78, 5) is 17.6. The first kappa shape index (κ1) is 22.1. The highest BCUT2D eigenvalue weighted by Gasteiger charge is 2.21. The highest BCUT2D eigenvalue weighted by molar-refractivity contribution is 7.22. The van der Waals surface area contributed by atoms with E-state index in [1.165, 1.54) is 16.3 Å². The van der Waals surface area contributed by atoms with Gasteiger partial charge in [-0.2, -0.15) is 10.1 Å². The summed E-state index contributed by atoms with van der Waals surface area (Å²) in [5.74, 6) is 0.652. The molecule has 1 amide bonds. The van der Waals surface area contributed by atoms with Crippen LogP contribution < -0.4 is 14.5 Å². The summed E-state index contributed by atoms with van der Waals surface area (Å²) in [5, 5.41) is 6.83. The first-order chi connectivity index (χ1) is 15.5. The minimum atomic E-state index is -0.408. The maximum atomic E-state index is 13.1. The van der Waals surface area contributed by atoms with Gasteiger partial charge in [-0.1, -0.05) is 64.9 Å². The number of hydrogen-bond donors (Lipinski definition) is 0. The van der Waals surface area contributed by atoms with Crippen molar-refractivity contribution >= 4 is 62.0 Å². The molecule has 0 bridgehead atoms. The van der Waals surface area contributed by atoms with Crippen LogP contribution in [0, 0.1) is 0 Å². The van der Waals surface area contributed by atoms with Crippen molar-refractivity contribution in [3.8, 4) is 11.5 Å². The summed E-state index contributed by atoms with van der Waals surface area (Å²) >= 11 is 13.4. The number of carbonyl (C=O) groups excluding carboxylic acids is 1. The van der Waals surface area contributed by atoms with Crippen molar-refractivity contribution in [2.24, 2.45) is 5.10 Å². The number of aromatic nitrogens is 1. The number of amides is 1. The molecule has 162 valence electrons. The van der Waals surface area contributed by atoms with Crippen LogP contribution in [0.1, 0.15) is 5.56 Å². The first-order valence-corrected chi connectivity index (χ1v) is 11.0. The Hall–Kier alpha value is -3.13. The molecule has 32 heavy (non-hydrogen) atoms. The Kier molecular flexibility index (Phi) is 6.90. The number of nitrogens with zero attached hydrogens (tertiary/aromatic N) is 3. The zero-order valence-corrected chi connectivity index (χ0v) is 19.2. The van der Waals surface area contributed by atoms with Gasteiger partial charge in [-0.25, -0.2) is 4.98 Å². The average Bonchev–Trinajstić information content (AvgIpc) is 3.22. The van der Waals surface area contributed by atoms with Crippen molar-refractivity contribution in [1.82, 2.24) is 4.98 Å². The van der Waals surface area contributed by atoms with E-state index in [4.69, 9.17) is 32.7 Å². The number of carbonyl (C=O) groups is 1. The lowest BCUT2D eigenvalue weighted by molar-refractivity contribution is -0.120. The zero-order valence-electron chi connectivity index (χ0n) is 16.9. The maximum Gasteiger partial charge on any atom is 0.287 e. The summed E-state index contributed by atoms with van der Waals surface area (Å²) in [7, 11) is 1.60. The van der Waals surface area contributed by atoms with Crippen LogP contribution in [0.3, 0.4) is 0 Å². The van der Waals surface area contributed by atoms with E-state index in [1.807, 2.05) is 48.5 Å². The van der Waals surface area contributed by atoms with E-state index >= 15 is 0 Å². The van der Waals surface area contributed by atoms with Crippen molar-refractivity contribution in [1.29, 1.82) is 0 Å². The molecule has 0 spiro atoms. The van der Waals surface area contributed by atoms with E-state index in [0.717, 1.165) is 15.8 Å². The second kappa shape index (κ2) is 9.99. The molecule has 3 aromatic carbocycles. The number of halogens is 2. The van der Waals surface area contributed by atoms with Crippen molar-refractivity contribution in [2.45, 2.75) is 0 Å². The van der Waals surface area contributed by atoms with Crippen molar-refractivity contribution in [3.63, 3.8) is 0 Å². The number of benzene rings is 3. The molecule has 0 radical (unpaired) electrons. The fourth-order valence-electron chi connectivity index (χ4n) is 2.79. The number of hydrogen-bond acceptors (Lipinski definition) is 6. The Morgan fingerprint density at radius 1 is 1.12 bits per heavy atom. The molecule has 0 unspecified atom stereocenters. The molecule has 4 aromatic rings. The molecule has 0 aliphatic heterocycles. The Labute approximate surface area is 198 Å². The highest BCUT2D eigenvalue weighted by Crippen LogP contribution is 2.32. The average molecular weight is 486 g/mol. The van der Waals surface area contributed by atoms with Crippen LogP contribution >= 0.6 is 34.5 Å². The van der Waals surface area contributed by atoms with Crippen molar-refractivity contribution in [2.75, 3.05) is 18.7 Å².